The normalized spacial score (nSPS) is 9.78. The van der Waals surface area contributed by atoms with Crippen molar-refractivity contribution in [2.45, 2.75) is 6.54 Å². The van der Waals surface area contributed by atoms with Gasteiger partial charge in [-0.2, -0.15) is 5.26 Å². The maximum Gasteiger partial charge on any atom is 0.174 e. The average Bonchev–Trinajstić information content (AvgIpc) is 2.80. The van der Waals surface area contributed by atoms with Crippen LogP contribution in [0.15, 0.2) is 45.5 Å². The van der Waals surface area contributed by atoms with E-state index in [9.17, 15) is 0 Å². The van der Waals surface area contributed by atoms with E-state index >= 15 is 0 Å². The quantitative estimate of drug-likeness (QED) is 0.917. The first-order valence-electron chi connectivity index (χ1n) is 5.35. The van der Waals surface area contributed by atoms with Gasteiger partial charge in [0.2, 0.25) is 0 Å². The summed E-state index contributed by atoms with van der Waals surface area (Å²) in [5.74, 6) is 1.50. The highest BCUT2D eigenvalue weighted by Crippen LogP contribution is 2.21. The standard InChI is InChI=1S/C13H11BrN2O2/c14-12-4-6-18-13(12)9-16-10-2-1-3-11(8-10)17-7-5-15/h1-4,6,8,16H,7,9H2. The van der Waals surface area contributed by atoms with Crippen LogP contribution in [-0.2, 0) is 6.54 Å². The van der Waals surface area contributed by atoms with Gasteiger partial charge in [-0.1, -0.05) is 6.07 Å². The van der Waals surface area contributed by atoms with E-state index in [1.807, 2.05) is 36.4 Å². The monoisotopic (exact) mass is 306 g/mol. The van der Waals surface area contributed by atoms with Crippen molar-refractivity contribution in [3.05, 3.63) is 46.8 Å². The molecule has 1 N–H and O–H groups in total. The summed E-state index contributed by atoms with van der Waals surface area (Å²) in [6.07, 6.45) is 1.63. The maximum atomic E-state index is 8.45. The first-order valence-corrected chi connectivity index (χ1v) is 6.14. The zero-order valence-corrected chi connectivity index (χ0v) is 11.1. The molecule has 0 spiro atoms. The van der Waals surface area contributed by atoms with Crippen LogP contribution in [0, 0.1) is 11.3 Å². The summed E-state index contributed by atoms with van der Waals surface area (Å²) in [7, 11) is 0. The van der Waals surface area contributed by atoms with Gasteiger partial charge >= 0.3 is 0 Å². The topological polar surface area (TPSA) is 58.2 Å². The summed E-state index contributed by atoms with van der Waals surface area (Å²) in [5, 5.41) is 11.7. The Balaban J connectivity index is 1.97. The van der Waals surface area contributed by atoms with Crippen LogP contribution in [0.4, 0.5) is 5.69 Å². The molecule has 92 valence electrons. The first-order chi connectivity index (χ1) is 8.79. The molecule has 0 fully saturated rings. The maximum absolute atomic E-state index is 8.45. The summed E-state index contributed by atoms with van der Waals surface area (Å²) in [6, 6.07) is 11.2. The Kier molecular flexibility index (Phi) is 4.26. The van der Waals surface area contributed by atoms with Gasteiger partial charge in [-0.05, 0) is 34.1 Å². The fraction of sp³-hybridized carbons (Fsp3) is 0.154. The predicted molar refractivity (Wildman–Crippen MR) is 71.3 cm³/mol. The largest absolute Gasteiger partial charge is 0.479 e. The molecule has 18 heavy (non-hydrogen) atoms. The van der Waals surface area contributed by atoms with Crippen LogP contribution in [0.2, 0.25) is 0 Å². The fourth-order valence-electron chi connectivity index (χ4n) is 1.45. The Morgan fingerprint density at radius 3 is 3.00 bits per heavy atom. The molecule has 0 saturated heterocycles. The van der Waals surface area contributed by atoms with Crippen molar-refractivity contribution in [2.24, 2.45) is 0 Å². The van der Waals surface area contributed by atoms with E-state index in [1.165, 1.54) is 0 Å². The van der Waals surface area contributed by atoms with Crippen molar-refractivity contribution >= 4 is 21.6 Å². The Hall–Kier alpha value is -1.93. The SMILES string of the molecule is N#CCOc1cccc(NCc2occc2Br)c1. The van der Waals surface area contributed by atoms with Crippen molar-refractivity contribution in [1.82, 2.24) is 0 Å². The van der Waals surface area contributed by atoms with Gasteiger partial charge in [-0.25, -0.2) is 0 Å². The number of nitriles is 1. The van der Waals surface area contributed by atoms with Gasteiger partial charge in [0.05, 0.1) is 17.3 Å². The Morgan fingerprint density at radius 1 is 1.39 bits per heavy atom. The second kappa shape index (κ2) is 6.12. The van der Waals surface area contributed by atoms with E-state index < -0.39 is 0 Å². The van der Waals surface area contributed by atoms with E-state index in [-0.39, 0.29) is 6.61 Å². The summed E-state index contributed by atoms with van der Waals surface area (Å²) in [6.45, 7) is 0.627. The molecule has 1 aromatic heterocycles. The molecular weight excluding hydrogens is 296 g/mol. The van der Waals surface area contributed by atoms with E-state index in [1.54, 1.807) is 6.26 Å². The minimum Gasteiger partial charge on any atom is -0.479 e. The van der Waals surface area contributed by atoms with Gasteiger partial charge < -0.3 is 14.5 Å². The second-order valence-electron chi connectivity index (χ2n) is 3.52. The number of anilines is 1. The molecule has 0 unspecified atom stereocenters. The highest BCUT2D eigenvalue weighted by Gasteiger charge is 2.03. The lowest BCUT2D eigenvalue weighted by atomic mass is 10.3. The highest BCUT2D eigenvalue weighted by molar-refractivity contribution is 9.10. The van der Waals surface area contributed by atoms with Crippen LogP contribution in [0.1, 0.15) is 5.76 Å². The third-order valence-electron chi connectivity index (χ3n) is 2.28. The summed E-state index contributed by atoms with van der Waals surface area (Å²) in [4.78, 5) is 0. The minimum atomic E-state index is 0.0488. The van der Waals surface area contributed by atoms with Crippen molar-refractivity contribution in [3.8, 4) is 11.8 Å². The smallest absolute Gasteiger partial charge is 0.174 e. The Labute approximate surface area is 113 Å². The van der Waals surface area contributed by atoms with E-state index in [0.29, 0.717) is 12.3 Å². The Bertz CT molecular complexity index is 560. The number of furan rings is 1. The van der Waals surface area contributed by atoms with Gasteiger partial charge in [-0.15, -0.1) is 0 Å². The van der Waals surface area contributed by atoms with E-state index in [0.717, 1.165) is 15.9 Å². The van der Waals surface area contributed by atoms with Crippen molar-refractivity contribution in [1.29, 1.82) is 5.26 Å². The number of hydrogen-bond donors (Lipinski definition) is 1. The van der Waals surface area contributed by atoms with Crippen molar-refractivity contribution in [3.63, 3.8) is 0 Å². The lowest BCUT2D eigenvalue weighted by Crippen LogP contribution is -1.99. The third-order valence-corrected chi connectivity index (χ3v) is 2.99. The lowest BCUT2D eigenvalue weighted by Gasteiger charge is -2.07. The highest BCUT2D eigenvalue weighted by atomic mass is 79.9. The van der Waals surface area contributed by atoms with Crippen LogP contribution >= 0.6 is 15.9 Å². The van der Waals surface area contributed by atoms with Crippen LogP contribution in [-0.4, -0.2) is 6.61 Å². The molecule has 0 amide bonds. The number of hydrogen-bond acceptors (Lipinski definition) is 4. The fourth-order valence-corrected chi connectivity index (χ4v) is 1.79. The number of ether oxygens (including phenoxy) is 1. The number of rotatable bonds is 5. The molecule has 4 nitrogen and oxygen atoms in total. The number of benzene rings is 1. The number of halogens is 1. The first kappa shape index (κ1) is 12.5. The lowest BCUT2D eigenvalue weighted by molar-refractivity contribution is 0.368. The van der Waals surface area contributed by atoms with Gasteiger partial charge in [0.25, 0.3) is 0 Å². The van der Waals surface area contributed by atoms with Gasteiger partial charge in [0.1, 0.15) is 17.6 Å². The van der Waals surface area contributed by atoms with Gasteiger partial charge in [-0.3, -0.25) is 0 Å². The van der Waals surface area contributed by atoms with Crippen molar-refractivity contribution in [2.75, 3.05) is 11.9 Å². The molecule has 0 aliphatic rings. The van der Waals surface area contributed by atoms with Gasteiger partial charge in [0.15, 0.2) is 6.61 Å². The average molecular weight is 307 g/mol. The molecule has 0 aliphatic heterocycles. The summed E-state index contributed by atoms with van der Waals surface area (Å²) >= 11 is 3.39. The Morgan fingerprint density at radius 2 is 2.28 bits per heavy atom. The second-order valence-corrected chi connectivity index (χ2v) is 4.37. The molecule has 0 saturated carbocycles. The molecule has 5 heteroatoms. The van der Waals surface area contributed by atoms with Crippen LogP contribution in [0.3, 0.4) is 0 Å². The summed E-state index contributed by atoms with van der Waals surface area (Å²) < 4.78 is 11.5. The third kappa shape index (κ3) is 3.28. The molecule has 1 heterocycles. The molecule has 1 aromatic carbocycles. The number of nitrogens with one attached hydrogen (secondary N) is 1. The molecule has 2 aromatic rings. The number of nitrogens with zero attached hydrogens (tertiary/aromatic N) is 1. The molecule has 0 radical (unpaired) electrons. The van der Waals surface area contributed by atoms with Crippen LogP contribution < -0.4 is 10.1 Å². The zero-order chi connectivity index (χ0) is 12.8. The van der Waals surface area contributed by atoms with Crippen LogP contribution in [0.5, 0.6) is 5.75 Å². The molecule has 2 rings (SSSR count). The minimum absolute atomic E-state index is 0.0488. The predicted octanol–water partition coefficient (Wildman–Crippen LogP) is 3.56. The zero-order valence-electron chi connectivity index (χ0n) is 9.52. The van der Waals surface area contributed by atoms with Crippen molar-refractivity contribution < 1.29 is 9.15 Å². The van der Waals surface area contributed by atoms with Gasteiger partial charge in [0, 0.05) is 11.8 Å². The molecule has 0 atom stereocenters. The van der Waals surface area contributed by atoms with E-state index in [4.69, 9.17) is 14.4 Å². The summed E-state index contributed by atoms with van der Waals surface area (Å²) in [5.41, 5.74) is 0.911. The van der Waals surface area contributed by atoms with E-state index in [2.05, 4.69) is 21.2 Å². The molecular formula is C13H11BrN2O2. The van der Waals surface area contributed by atoms with Crippen LogP contribution in [0.25, 0.3) is 0 Å². The molecule has 0 bridgehead atoms. The molecule has 0 aliphatic carbocycles.